The Morgan fingerprint density at radius 2 is 1.78 bits per heavy atom. The van der Waals surface area contributed by atoms with Crippen molar-refractivity contribution in [3.05, 3.63) is 23.8 Å². The zero-order valence-electron chi connectivity index (χ0n) is 14.8. The van der Waals surface area contributed by atoms with Gasteiger partial charge in [-0.15, -0.1) is 0 Å². The van der Waals surface area contributed by atoms with Crippen LogP contribution in [0.2, 0.25) is 0 Å². The minimum Gasteiger partial charge on any atom is -0.371 e. The highest BCUT2D eigenvalue weighted by molar-refractivity contribution is 5.93. The normalized spacial score (nSPS) is 25.6. The molecule has 1 heterocycles. The van der Waals surface area contributed by atoms with Crippen molar-refractivity contribution >= 4 is 17.3 Å². The van der Waals surface area contributed by atoms with Crippen molar-refractivity contribution in [2.24, 2.45) is 17.8 Å². The number of carbonyl (C=O) groups is 1. The number of hydrogen-bond acceptors (Lipinski definition) is 2. The van der Waals surface area contributed by atoms with Crippen LogP contribution >= 0.6 is 0 Å². The van der Waals surface area contributed by atoms with Gasteiger partial charge >= 0.3 is 0 Å². The molecule has 1 saturated heterocycles. The summed E-state index contributed by atoms with van der Waals surface area (Å²) >= 11 is 0. The summed E-state index contributed by atoms with van der Waals surface area (Å²) in [5, 5.41) is 3.11. The Kier molecular flexibility index (Phi) is 4.93. The number of carbonyl (C=O) groups excluding carboxylic acids is 1. The first-order valence-corrected chi connectivity index (χ1v) is 9.19. The molecule has 1 aliphatic heterocycles. The van der Waals surface area contributed by atoms with Crippen molar-refractivity contribution in [3.8, 4) is 0 Å². The molecule has 2 fully saturated rings. The lowest BCUT2D eigenvalue weighted by atomic mass is 9.91. The third kappa shape index (κ3) is 3.88. The van der Waals surface area contributed by atoms with E-state index in [4.69, 9.17) is 0 Å². The van der Waals surface area contributed by atoms with E-state index in [1.165, 1.54) is 30.5 Å². The maximum atomic E-state index is 12.3. The fraction of sp³-hybridized carbons (Fsp3) is 0.650. The average Bonchev–Trinajstić information content (AvgIpc) is 3.00. The SMILES string of the molecule is Cc1cc(NC(=O)C2CCCC2)ccc1N1CC(C)CC(C)C1. The number of anilines is 2. The number of rotatable bonds is 3. The molecule has 2 unspecified atom stereocenters. The van der Waals surface area contributed by atoms with Gasteiger partial charge in [-0.3, -0.25) is 4.79 Å². The van der Waals surface area contributed by atoms with Crippen LogP contribution in [0.1, 0.15) is 51.5 Å². The Bertz CT molecular complexity index is 553. The average molecular weight is 314 g/mol. The minimum absolute atomic E-state index is 0.204. The number of piperidine rings is 1. The maximum Gasteiger partial charge on any atom is 0.227 e. The monoisotopic (exact) mass is 314 g/mol. The van der Waals surface area contributed by atoms with Crippen LogP contribution in [0.4, 0.5) is 11.4 Å². The van der Waals surface area contributed by atoms with Crippen molar-refractivity contribution in [1.29, 1.82) is 0 Å². The summed E-state index contributed by atoms with van der Waals surface area (Å²) < 4.78 is 0. The van der Waals surface area contributed by atoms with Crippen molar-refractivity contribution in [2.45, 2.75) is 52.9 Å². The van der Waals surface area contributed by atoms with Crippen LogP contribution in [0.5, 0.6) is 0 Å². The molecule has 1 N–H and O–H groups in total. The highest BCUT2D eigenvalue weighted by Crippen LogP contribution is 2.31. The largest absolute Gasteiger partial charge is 0.371 e. The van der Waals surface area contributed by atoms with E-state index < -0.39 is 0 Å². The molecule has 1 aliphatic carbocycles. The van der Waals surface area contributed by atoms with Crippen LogP contribution in [0.3, 0.4) is 0 Å². The quantitative estimate of drug-likeness (QED) is 0.884. The van der Waals surface area contributed by atoms with Crippen molar-refractivity contribution in [2.75, 3.05) is 23.3 Å². The second-order valence-corrected chi connectivity index (χ2v) is 7.82. The van der Waals surface area contributed by atoms with Crippen LogP contribution < -0.4 is 10.2 Å². The van der Waals surface area contributed by atoms with Crippen LogP contribution in [0, 0.1) is 24.7 Å². The summed E-state index contributed by atoms with van der Waals surface area (Å²) in [4.78, 5) is 14.8. The summed E-state index contributed by atoms with van der Waals surface area (Å²) in [7, 11) is 0. The van der Waals surface area contributed by atoms with E-state index in [-0.39, 0.29) is 11.8 Å². The van der Waals surface area contributed by atoms with Crippen LogP contribution in [-0.4, -0.2) is 19.0 Å². The lowest BCUT2D eigenvalue weighted by Crippen LogP contribution is -2.39. The summed E-state index contributed by atoms with van der Waals surface area (Å²) in [6.45, 7) is 9.12. The van der Waals surface area contributed by atoms with E-state index in [1.54, 1.807) is 0 Å². The van der Waals surface area contributed by atoms with Gasteiger partial charge in [0.05, 0.1) is 0 Å². The molecule has 1 amide bonds. The zero-order chi connectivity index (χ0) is 16.4. The Labute approximate surface area is 140 Å². The van der Waals surface area contributed by atoms with E-state index in [2.05, 4.69) is 49.2 Å². The summed E-state index contributed by atoms with van der Waals surface area (Å²) in [6.07, 6.45) is 5.81. The maximum absolute atomic E-state index is 12.3. The highest BCUT2D eigenvalue weighted by Gasteiger charge is 2.24. The van der Waals surface area contributed by atoms with Gasteiger partial charge in [-0.2, -0.15) is 0 Å². The topological polar surface area (TPSA) is 32.3 Å². The molecule has 0 spiro atoms. The second kappa shape index (κ2) is 6.94. The molecule has 0 bridgehead atoms. The second-order valence-electron chi connectivity index (χ2n) is 7.82. The molecule has 126 valence electrons. The lowest BCUT2D eigenvalue weighted by Gasteiger charge is -2.37. The molecule has 3 heteroatoms. The summed E-state index contributed by atoms with van der Waals surface area (Å²) in [5.74, 6) is 1.92. The smallest absolute Gasteiger partial charge is 0.227 e. The number of amides is 1. The first kappa shape index (κ1) is 16.4. The standard InChI is InChI=1S/C20H30N2O/c1-14-10-15(2)13-22(12-14)19-9-8-18(11-16(19)3)21-20(23)17-6-4-5-7-17/h8-9,11,14-15,17H,4-7,10,12-13H2,1-3H3,(H,21,23). The van der Waals surface area contributed by atoms with Gasteiger partial charge in [0.25, 0.3) is 0 Å². The van der Waals surface area contributed by atoms with Gasteiger partial charge in [-0.05, 0) is 61.8 Å². The van der Waals surface area contributed by atoms with Gasteiger partial charge in [0.2, 0.25) is 5.91 Å². The fourth-order valence-electron chi connectivity index (χ4n) is 4.38. The molecule has 2 aliphatic rings. The summed E-state index contributed by atoms with van der Waals surface area (Å²) in [5.41, 5.74) is 3.53. The molecule has 1 saturated carbocycles. The lowest BCUT2D eigenvalue weighted by molar-refractivity contribution is -0.119. The Hall–Kier alpha value is -1.51. The van der Waals surface area contributed by atoms with Crippen molar-refractivity contribution in [1.82, 2.24) is 0 Å². The number of aryl methyl sites for hydroxylation is 1. The molecule has 3 nitrogen and oxygen atoms in total. The predicted molar refractivity (Wildman–Crippen MR) is 96.9 cm³/mol. The van der Waals surface area contributed by atoms with E-state index in [9.17, 15) is 4.79 Å². The molecule has 23 heavy (non-hydrogen) atoms. The van der Waals surface area contributed by atoms with E-state index in [0.29, 0.717) is 0 Å². The number of hydrogen-bond donors (Lipinski definition) is 1. The highest BCUT2D eigenvalue weighted by atomic mass is 16.1. The molecule has 1 aromatic rings. The fourth-order valence-corrected chi connectivity index (χ4v) is 4.38. The minimum atomic E-state index is 0.204. The molecular formula is C20H30N2O. The van der Waals surface area contributed by atoms with E-state index in [0.717, 1.165) is 43.5 Å². The van der Waals surface area contributed by atoms with Crippen molar-refractivity contribution in [3.63, 3.8) is 0 Å². The van der Waals surface area contributed by atoms with Gasteiger partial charge in [0.1, 0.15) is 0 Å². The van der Waals surface area contributed by atoms with Crippen LogP contribution in [0.25, 0.3) is 0 Å². The van der Waals surface area contributed by atoms with Crippen LogP contribution in [-0.2, 0) is 4.79 Å². The van der Waals surface area contributed by atoms with E-state index in [1.807, 2.05) is 0 Å². The Morgan fingerprint density at radius 3 is 2.39 bits per heavy atom. The van der Waals surface area contributed by atoms with Gasteiger partial charge in [0.15, 0.2) is 0 Å². The molecular weight excluding hydrogens is 284 g/mol. The van der Waals surface area contributed by atoms with Crippen molar-refractivity contribution < 1.29 is 4.79 Å². The molecule has 0 aromatic heterocycles. The number of nitrogens with zero attached hydrogens (tertiary/aromatic N) is 1. The van der Waals surface area contributed by atoms with Crippen LogP contribution in [0.15, 0.2) is 18.2 Å². The Balaban J connectivity index is 1.69. The van der Waals surface area contributed by atoms with Gasteiger partial charge in [-0.1, -0.05) is 26.7 Å². The number of benzene rings is 1. The summed E-state index contributed by atoms with van der Waals surface area (Å²) in [6, 6.07) is 6.38. The first-order chi connectivity index (χ1) is 11.0. The predicted octanol–water partition coefficient (Wildman–Crippen LogP) is 4.61. The van der Waals surface area contributed by atoms with E-state index >= 15 is 0 Å². The van der Waals surface area contributed by atoms with Gasteiger partial charge in [0, 0.05) is 30.4 Å². The first-order valence-electron chi connectivity index (χ1n) is 9.19. The molecule has 2 atom stereocenters. The molecule has 1 aromatic carbocycles. The third-order valence-corrected chi connectivity index (χ3v) is 5.40. The zero-order valence-corrected chi connectivity index (χ0v) is 14.8. The van der Waals surface area contributed by atoms with Gasteiger partial charge in [-0.25, -0.2) is 0 Å². The van der Waals surface area contributed by atoms with Gasteiger partial charge < -0.3 is 10.2 Å². The Morgan fingerprint density at radius 1 is 1.13 bits per heavy atom. The number of nitrogens with one attached hydrogen (secondary N) is 1. The molecule has 3 rings (SSSR count). The molecule has 0 radical (unpaired) electrons. The third-order valence-electron chi connectivity index (χ3n) is 5.40.